The van der Waals surface area contributed by atoms with Crippen molar-refractivity contribution >= 4 is 34.8 Å². The van der Waals surface area contributed by atoms with E-state index in [0.717, 1.165) is 0 Å². The van der Waals surface area contributed by atoms with Gasteiger partial charge < -0.3 is 15.0 Å². The summed E-state index contributed by atoms with van der Waals surface area (Å²) in [4.78, 5) is 26.0. The van der Waals surface area contributed by atoms with Gasteiger partial charge in [0.05, 0.1) is 10.7 Å². The molecule has 2 amide bonds. The van der Waals surface area contributed by atoms with Crippen molar-refractivity contribution in [3.63, 3.8) is 0 Å². The van der Waals surface area contributed by atoms with E-state index in [1.54, 1.807) is 30.0 Å². The van der Waals surface area contributed by atoms with E-state index in [0.29, 0.717) is 17.1 Å². The second-order valence-electron chi connectivity index (χ2n) is 5.64. The predicted molar refractivity (Wildman–Crippen MR) is 93.5 cm³/mol. The van der Waals surface area contributed by atoms with E-state index in [2.05, 4.69) is 5.32 Å². The number of benzene rings is 2. The number of ether oxygens (including phenoxy) is 1. The number of amides is 2. The number of nitrogens with zero attached hydrogens (tertiary/aromatic N) is 1. The summed E-state index contributed by atoms with van der Waals surface area (Å²) in [6, 6.07) is 11.1. The van der Waals surface area contributed by atoms with Crippen LogP contribution in [-0.4, -0.2) is 24.5 Å². The number of hydrogen-bond acceptors (Lipinski definition) is 3. The summed E-state index contributed by atoms with van der Waals surface area (Å²) < 4.78 is 18.7. The molecule has 130 valence electrons. The van der Waals surface area contributed by atoms with Crippen molar-refractivity contribution in [2.45, 2.75) is 19.4 Å². The molecule has 1 aliphatic heterocycles. The van der Waals surface area contributed by atoms with Crippen LogP contribution >= 0.6 is 11.6 Å². The summed E-state index contributed by atoms with van der Waals surface area (Å²) >= 11 is 5.69. The Morgan fingerprint density at radius 1 is 1.32 bits per heavy atom. The molecule has 0 aromatic heterocycles. The number of fused-ring (bicyclic) bond motifs is 1. The van der Waals surface area contributed by atoms with E-state index in [1.807, 2.05) is 6.07 Å². The minimum absolute atomic E-state index is 0.0658. The first-order chi connectivity index (χ1) is 12.0. The Kier molecular flexibility index (Phi) is 4.90. The molecular formula is C18H16ClFN2O3. The fourth-order valence-corrected chi connectivity index (χ4v) is 2.78. The Morgan fingerprint density at radius 2 is 2.08 bits per heavy atom. The molecule has 3 rings (SSSR count). The fourth-order valence-electron chi connectivity index (χ4n) is 2.60. The van der Waals surface area contributed by atoms with E-state index < -0.39 is 11.9 Å². The molecule has 1 aliphatic rings. The third kappa shape index (κ3) is 3.74. The first kappa shape index (κ1) is 17.2. The van der Waals surface area contributed by atoms with Crippen molar-refractivity contribution in [3.8, 4) is 5.75 Å². The van der Waals surface area contributed by atoms with Crippen molar-refractivity contribution in [3.05, 3.63) is 53.3 Å². The third-order valence-corrected chi connectivity index (χ3v) is 4.13. The van der Waals surface area contributed by atoms with Gasteiger partial charge in [0.25, 0.3) is 5.91 Å². The molecule has 0 spiro atoms. The van der Waals surface area contributed by atoms with Crippen LogP contribution in [0.3, 0.4) is 0 Å². The van der Waals surface area contributed by atoms with Gasteiger partial charge in [-0.1, -0.05) is 23.7 Å². The van der Waals surface area contributed by atoms with E-state index >= 15 is 0 Å². The molecule has 0 radical (unpaired) electrons. The van der Waals surface area contributed by atoms with Crippen molar-refractivity contribution in [2.75, 3.05) is 16.8 Å². The first-order valence-corrected chi connectivity index (χ1v) is 8.15. The van der Waals surface area contributed by atoms with Gasteiger partial charge in [0.1, 0.15) is 11.6 Å². The lowest BCUT2D eigenvalue weighted by Crippen LogP contribution is -2.45. The molecule has 0 saturated carbocycles. The van der Waals surface area contributed by atoms with Crippen LogP contribution in [0.15, 0.2) is 42.5 Å². The van der Waals surface area contributed by atoms with Crippen LogP contribution in [0.25, 0.3) is 0 Å². The monoisotopic (exact) mass is 362 g/mol. The zero-order valence-electron chi connectivity index (χ0n) is 13.5. The fraction of sp³-hybridized carbons (Fsp3) is 0.222. The van der Waals surface area contributed by atoms with Crippen LogP contribution in [0.5, 0.6) is 5.75 Å². The second kappa shape index (κ2) is 7.11. The van der Waals surface area contributed by atoms with E-state index in [4.69, 9.17) is 16.3 Å². The van der Waals surface area contributed by atoms with Gasteiger partial charge in [-0.15, -0.1) is 0 Å². The maximum absolute atomic E-state index is 13.1. The summed E-state index contributed by atoms with van der Waals surface area (Å²) in [6.45, 7) is 1.89. The van der Waals surface area contributed by atoms with Gasteiger partial charge in [0.15, 0.2) is 6.10 Å². The predicted octanol–water partition coefficient (Wildman–Crippen LogP) is 3.62. The van der Waals surface area contributed by atoms with Gasteiger partial charge in [0.2, 0.25) is 5.91 Å². The SMILES string of the molecule is C[C@H]1Oc2ccccc2N(CCC(=O)Nc2ccc(F)c(Cl)c2)C1=O. The molecule has 0 saturated heterocycles. The molecule has 25 heavy (non-hydrogen) atoms. The number of anilines is 2. The molecule has 0 unspecified atom stereocenters. The standard InChI is InChI=1S/C18H16ClFN2O3/c1-11-18(24)22(15-4-2-3-5-16(15)25-11)9-8-17(23)21-12-6-7-14(20)13(19)10-12/h2-7,10-11H,8-9H2,1H3,(H,21,23)/t11-/m1/s1. The highest BCUT2D eigenvalue weighted by atomic mass is 35.5. The van der Waals surface area contributed by atoms with Crippen LogP contribution in [-0.2, 0) is 9.59 Å². The second-order valence-corrected chi connectivity index (χ2v) is 6.05. The van der Waals surface area contributed by atoms with Crippen LogP contribution < -0.4 is 15.0 Å². The largest absolute Gasteiger partial charge is 0.479 e. The Hall–Kier alpha value is -2.60. The molecule has 0 aliphatic carbocycles. The van der Waals surface area contributed by atoms with E-state index in [1.165, 1.54) is 18.2 Å². The number of para-hydroxylation sites is 2. The van der Waals surface area contributed by atoms with Crippen molar-refractivity contribution < 1.29 is 18.7 Å². The normalized spacial score (nSPS) is 16.2. The molecule has 1 N–H and O–H groups in total. The maximum atomic E-state index is 13.1. The van der Waals surface area contributed by atoms with Crippen LogP contribution in [0.2, 0.25) is 5.02 Å². The number of carbonyl (C=O) groups excluding carboxylic acids is 2. The molecule has 0 bridgehead atoms. The highest BCUT2D eigenvalue weighted by molar-refractivity contribution is 6.31. The third-order valence-electron chi connectivity index (χ3n) is 3.84. The molecule has 1 atom stereocenters. The lowest BCUT2D eigenvalue weighted by Gasteiger charge is -2.32. The number of rotatable bonds is 4. The average molecular weight is 363 g/mol. The zero-order valence-corrected chi connectivity index (χ0v) is 14.2. The van der Waals surface area contributed by atoms with Crippen LogP contribution in [0, 0.1) is 5.82 Å². The lowest BCUT2D eigenvalue weighted by atomic mass is 10.1. The number of carbonyl (C=O) groups is 2. The minimum atomic E-state index is -0.603. The van der Waals surface area contributed by atoms with Gasteiger partial charge in [-0.25, -0.2) is 4.39 Å². The first-order valence-electron chi connectivity index (χ1n) is 7.77. The summed E-state index contributed by atoms with van der Waals surface area (Å²) in [5, 5.41) is 2.57. The highest BCUT2D eigenvalue weighted by Crippen LogP contribution is 2.33. The van der Waals surface area contributed by atoms with Gasteiger partial charge in [0, 0.05) is 18.7 Å². The Labute approximate surface area is 149 Å². The Balaban J connectivity index is 1.67. The average Bonchev–Trinajstić information content (AvgIpc) is 2.58. The molecule has 2 aromatic rings. The van der Waals surface area contributed by atoms with Crippen molar-refractivity contribution in [2.24, 2.45) is 0 Å². The summed E-state index contributed by atoms with van der Waals surface area (Å²) in [5.74, 6) is -0.437. The highest BCUT2D eigenvalue weighted by Gasteiger charge is 2.31. The van der Waals surface area contributed by atoms with Crippen molar-refractivity contribution in [1.29, 1.82) is 0 Å². The summed E-state index contributed by atoms with van der Waals surface area (Å²) in [7, 11) is 0. The molecular weight excluding hydrogens is 347 g/mol. The van der Waals surface area contributed by atoms with Gasteiger partial charge >= 0.3 is 0 Å². The zero-order chi connectivity index (χ0) is 18.0. The van der Waals surface area contributed by atoms with Gasteiger partial charge in [-0.05, 0) is 37.3 Å². The smallest absolute Gasteiger partial charge is 0.267 e. The molecule has 1 heterocycles. The topological polar surface area (TPSA) is 58.6 Å². The molecule has 2 aromatic carbocycles. The van der Waals surface area contributed by atoms with Crippen molar-refractivity contribution in [1.82, 2.24) is 0 Å². The quantitative estimate of drug-likeness (QED) is 0.903. The van der Waals surface area contributed by atoms with E-state index in [-0.39, 0.29) is 29.8 Å². The number of nitrogens with one attached hydrogen (secondary N) is 1. The Morgan fingerprint density at radius 3 is 2.84 bits per heavy atom. The number of halogens is 2. The van der Waals surface area contributed by atoms with Gasteiger partial charge in [-0.2, -0.15) is 0 Å². The summed E-state index contributed by atoms with van der Waals surface area (Å²) in [5.41, 5.74) is 1.04. The minimum Gasteiger partial charge on any atom is -0.479 e. The van der Waals surface area contributed by atoms with E-state index in [9.17, 15) is 14.0 Å². The van der Waals surface area contributed by atoms with Crippen LogP contribution in [0.1, 0.15) is 13.3 Å². The summed E-state index contributed by atoms with van der Waals surface area (Å²) in [6.07, 6.45) is -0.518. The molecule has 5 nitrogen and oxygen atoms in total. The Bertz CT molecular complexity index is 828. The van der Waals surface area contributed by atoms with Crippen LogP contribution in [0.4, 0.5) is 15.8 Å². The maximum Gasteiger partial charge on any atom is 0.267 e. The van der Waals surface area contributed by atoms with Gasteiger partial charge in [-0.3, -0.25) is 9.59 Å². The molecule has 7 heteroatoms. The lowest BCUT2D eigenvalue weighted by molar-refractivity contribution is -0.125. The number of hydrogen-bond donors (Lipinski definition) is 1. The molecule has 0 fully saturated rings.